The van der Waals surface area contributed by atoms with Gasteiger partial charge in [0.15, 0.2) is 0 Å². The van der Waals surface area contributed by atoms with Gasteiger partial charge in [0.2, 0.25) is 5.91 Å². The van der Waals surface area contributed by atoms with E-state index in [1.54, 1.807) is 6.20 Å². The Hall–Kier alpha value is -1.91. The molecule has 0 N–H and O–H groups in total. The molecule has 0 aromatic carbocycles. The van der Waals surface area contributed by atoms with Crippen LogP contribution in [0.5, 0.6) is 0 Å². The van der Waals surface area contributed by atoms with Gasteiger partial charge in [0.1, 0.15) is 0 Å². The lowest BCUT2D eigenvalue weighted by atomic mass is 9.96. The fraction of sp³-hybridized carbons (Fsp3) is 0.533. The number of fused-ring (bicyclic) bond motifs is 1. The van der Waals surface area contributed by atoms with E-state index in [0.29, 0.717) is 37.4 Å². The highest BCUT2D eigenvalue weighted by atomic mass is 16.5. The second-order valence-corrected chi connectivity index (χ2v) is 5.48. The summed E-state index contributed by atoms with van der Waals surface area (Å²) in [7, 11) is 1.36. The Morgan fingerprint density at radius 2 is 2.15 bits per heavy atom. The number of carbonyl (C=O) groups is 2. The zero-order chi connectivity index (χ0) is 14.7. The van der Waals surface area contributed by atoms with E-state index < -0.39 is 0 Å². The molecule has 20 heavy (non-hydrogen) atoms. The van der Waals surface area contributed by atoms with Crippen LogP contribution < -0.4 is 0 Å². The maximum Gasteiger partial charge on any atom is 0.339 e. The number of hydrogen-bond acceptors (Lipinski definition) is 4. The molecule has 0 unspecified atom stereocenters. The standard InChI is InChI=1S/C15H20N2O3/c1-10(2)6-14(18)17-5-4-12-11(9-17)7-16-8-13(12)15(19)20-3/h7-8,10H,4-6,9H2,1-3H3. The first-order chi connectivity index (χ1) is 9.52. The van der Waals surface area contributed by atoms with Crippen molar-refractivity contribution in [1.82, 2.24) is 9.88 Å². The molecule has 0 spiro atoms. The van der Waals surface area contributed by atoms with E-state index in [1.807, 2.05) is 18.7 Å². The molecule has 1 amide bonds. The molecule has 1 aliphatic heterocycles. The molecule has 5 nitrogen and oxygen atoms in total. The van der Waals surface area contributed by atoms with Gasteiger partial charge >= 0.3 is 5.97 Å². The summed E-state index contributed by atoms with van der Waals surface area (Å²) in [6.45, 7) is 5.24. The van der Waals surface area contributed by atoms with Crippen LogP contribution in [0.15, 0.2) is 12.4 Å². The summed E-state index contributed by atoms with van der Waals surface area (Å²) in [5.74, 6) is 0.147. The predicted octanol–water partition coefficient (Wildman–Crippen LogP) is 1.80. The van der Waals surface area contributed by atoms with Gasteiger partial charge in [-0.2, -0.15) is 0 Å². The van der Waals surface area contributed by atoms with Gasteiger partial charge < -0.3 is 9.64 Å². The van der Waals surface area contributed by atoms with Crippen molar-refractivity contribution in [2.75, 3.05) is 13.7 Å². The SMILES string of the molecule is COC(=O)c1cncc2c1CCN(C(=O)CC(C)C)C2. The van der Waals surface area contributed by atoms with Crippen molar-refractivity contribution in [2.24, 2.45) is 5.92 Å². The van der Waals surface area contributed by atoms with Gasteiger partial charge in [-0.1, -0.05) is 13.8 Å². The van der Waals surface area contributed by atoms with Crippen molar-refractivity contribution in [3.63, 3.8) is 0 Å². The molecule has 1 aliphatic rings. The van der Waals surface area contributed by atoms with E-state index in [2.05, 4.69) is 4.98 Å². The highest BCUT2D eigenvalue weighted by Gasteiger charge is 2.25. The summed E-state index contributed by atoms with van der Waals surface area (Å²) in [6.07, 6.45) is 4.50. The first-order valence-corrected chi connectivity index (χ1v) is 6.84. The van der Waals surface area contributed by atoms with E-state index in [1.165, 1.54) is 13.3 Å². The van der Waals surface area contributed by atoms with Gasteiger partial charge in [-0.15, -0.1) is 0 Å². The Balaban J connectivity index is 2.19. The van der Waals surface area contributed by atoms with Crippen LogP contribution in [0, 0.1) is 5.92 Å². The van der Waals surface area contributed by atoms with Crippen molar-refractivity contribution < 1.29 is 14.3 Å². The van der Waals surface area contributed by atoms with Crippen LogP contribution in [-0.4, -0.2) is 35.4 Å². The van der Waals surface area contributed by atoms with Gasteiger partial charge in [0.25, 0.3) is 0 Å². The smallest absolute Gasteiger partial charge is 0.339 e. The van der Waals surface area contributed by atoms with Gasteiger partial charge in [0, 0.05) is 31.9 Å². The Morgan fingerprint density at radius 1 is 1.40 bits per heavy atom. The molecule has 2 heterocycles. The molecule has 108 valence electrons. The Morgan fingerprint density at radius 3 is 2.80 bits per heavy atom. The summed E-state index contributed by atoms with van der Waals surface area (Å²) in [5, 5.41) is 0. The van der Waals surface area contributed by atoms with Crippen molar-refractivity contribution in [2.45, 2.75) is 33.2 Å². The largest absolute Gasteiger partial charge is 0.465 e. The molecule has 0 aliphatic carbocycles. The molecule has 2 rings (SSSR count). The van der Waals surface area contributed by atoms with Crippen LogP contribution in [0.4, 0.5) is 0 Å². The topological polar surface area (TPSA) is 59.5 Å². The molecular formula is C15H20N2O3. The third-order valence-electron chi connectivity index (χ3n) is 3.48. The van der Waals surface area contributed by atoms with Crippen molar-refractivity contribution in [1.29, 1.82) is 0 Å². The quantitative estimate of drug-likeness (QED) is 0.790. The fourth-order valence-corrected chi connectivity index (χ4v) is 2.47. The molecule has 0 saturated carbocycles. The number of amides is 1. The normalized spacial score (nSPS) is 14.1. The van der Waals surface area contributed by atoms with Crippen molar-refractivity contribution >= 4 is 11.9 Å². The van der Waals surface area contributed by atoms with E-state index in [0.717, 1.165) is 11.1 Å². The van der Waals surface area contributed by atoms with Crippen molar-refractivity contribution in [3.05, 3.63) is 29.1 Å². The average Bonchev–Trinajstić information content (AvgIpc) is 2.44. The van der Waals surface area contributed by atoms with Crippen LogP contribution >= 0.6 is 0 Å². The van der Waals surface area contributed by atoms with Crippen LogP contribution in [0.1, 0.15) is 41.8 Å². The molecule has 1 aromatic heterocycles. The van der Waals surface area contributed by atoms with Crippen molar-refractivity contribution in [3.8, 4) is 0 Å². The third kappa shape index (κ3) is 2.98. The Bertz CT molecular complexity index is 526. The molecule has 0 bridgehead atoms. The third-order valence-corrected chi connectivity index (χ3v) is 3.48. The second kappa shape index (κ2) is 6.03. The van der Waals surface area contributed by atoms with Gasteiger partial charge in [0.05, 0.1) is 12.7 Å². The first-order valence-electron chi connectivity index (χ1n) is 6.84. The van der Waals surface area contributed by atoms with Gasteiger partial charge in [-0.05, 0) is 23.5 Å². The molecule has 0 atom stereocenters. The summed E-state index contributed by atoms with van der Waals surface area (Å²) >= 11 is 0. The number of pyridine rings is 1. The maximum absolute atomic E-state index is 12.1. The van der Waals surface area contributed by atoms with Crippen LogP contribution in [0.2, 0.25) is 0 Å². The number of nitrogens with zero attached hydrogens (tertiary/aromatic N) is 2. The zero-order valence-electron chi connectivity index (χ0n) is 12.2. The van der Waals surface area contributed by atoms with E-state index in [-0.39, 0.29) is 11.9 Å². The molecule has 5 heteroatoms. The number of rotatable bonds is 3. The first kappa shape index (κ1) is 14.5. The number of methoxy groups -OCH3 is 1. The highest BCUT2D eigenvalue weighted by molar-refractivity contribution is 5.91. The highest BCUT2D eigenvalue weighted by Crippen LogP contribution is 2.23. The Labute approximate surface area is 118 Å². The maximum atomic E-state index is 12.1. The minimum atomic E-state index is -0.365. The molecular weight excluding hydrogens is 256 g/mol. The van der Waals surface area contributed by atoms with Gasteiger partial charge in [-0.25, -0.2) is 4.79 Å². The molecule has 1 aromatic rings. The lowest BCUT2D eigenvalue weighted by molar-refractivity contribution is -0.132. The summed E-state index contributed by atoms with van der Waals surface area (Å²) in [4.78, 5) is 29.7. The van der Waals surface area contributed by atoms with Crippen LogP contribution in [-0.2, 0) is 22.5 Å². The monoisotopic (exact) mass is 276 g/mol. The van der Waals surface area contributed by atoms with E-state index >= 15 is 0 Å². The molecule has 0 saturated heterocycles. The number of ether oxygens (including phenoxy) is 1. The van der Waals surface area contributed by atoms with Crippen LogP contribution in [0.3, 0.4) is 0 Å². The predicted molar refractivity (Wildman–Crippen MR) is 74.2 cm³/mol. The zero-order valence-corrected chi connectivity index (χ0v) is 12.2. The summed E-state index contributed by atoms with van der Waals surface area (Å²) in [5.41, 5.74) is 2.41. The minimum Gasteiger partial charge on any atom is -0.465 e. The molecule has 0 fully saturated rings. The number of aromatic nitrogens is 1. The molecule has 0 radical (unpaired) electrons. The summed E-state index contributed by atoms with van der Waals surface area (Å²) < 4.78 is 4.77. The lowest BCUT2D eigenvalue weighted by Gasteiger charge is -2.30. The fourth-order valence-electron chi connectivity index (χ4n) is 2.47. The Kier molecular flexibility index (Phi) is 4.37. The number of esters is 1. The number of carbonyl (C=O) groups excluding carboxylic acids is 2. The van der Waals surface area contributed by atoms with E-state index in [4.69, 9.17) is 4.74 Å². The minimum absolute atomic E-state index is 0.161. The summed E-state index contributed by atoms with van der Waals surface area (Å²) in [6, 6.07) is 0. The lowest BCUT2D eigenvalue weighted by Crippen LogP contribution is -2.37. The van der Waals surface area contributed by atoms with Gasteiger partial charge in [-0.3, -0.25) is 9.78 Å². The van der Waals surface area contributed by atoms with E-state index in [9.17, 15) is 9.59 Å². The average molecular weight is 276 g/mol. The van der Waals surface area contributed by atoms with Crippen LogP contribution in [0.25, 0.3) is 0 Å². The number of hydrogen-bond donors (Lipinski definition) is 0. The second-order valence-electron chi connectivity index (χ2n) is 5.48.